The van der Waals surface area contributed by atoms with E-state index >= 15 is 0 Å². The van der Waals surface area contributed by atoms with Gasteiger partial charge in [0.15, 0.2) is 0 Å². The summed E-state index contributed by atoms with van der Waals surface area (Å²) >= 11 is 0. The van der Waals surface area contributed by atoms with Gasteiger partial charge in [-0.3, -0.25) is 4.90 Å². The molecule has 15 heteroatoms. The second-order valence-electron chi connectivity index (χ2n) is 2.93. The molecule has 0 saturated heterocycles. The van der Waals surface area contributed by atoms with Crippen LogP contribution in [0.1, 0.15) is 0 Å². The molecule has 0 aliphatic rings. The zero-order valence-electron chi connectivity index (χ0n) is 9.58. The van der Waals surface area contributed by atoms with Crippen molar-refractivity contribution in [1.82, 2.24) is 4.90 Å². The summed E-state index contributed by atoms with van der Waals surface area (Å²) in [6, 6.07) is 0. The number of rotatable bonds is 6. The predicted octanol–water partition coefficient (Wildman–Crippen LogP) is -11.1. The monoisotopic (exact) mass is 339 g/mol. The van der Waals surface area contributed by atoms with E-state index in [0.29, 0.717) is 0 Å². The van der Waals surface area contributed by atoms with Crippen molar-refractivity contribution >= 4 is 22.8 Å². The van der Waals surface area contributed by atoms with Crippen molar-refractivity contribution in [3.05, 3.63) is 0 Å². The minimum Gasteiger partial charge on any atom is -0.810 e. The molecular formula is C3H6NNa2O9P3-4. The summed E-state index contributed by atoms with van der Waals surface area (Å²) < 4.78 is 30.8. The van der Waals surface area contributed by atoms with Crippen LogP contribution in [-0.4, -0.2) is 23.8 Å². The fraction of sp³-hybridized carbons (Fsp3) is 1.00. The Labute approximate surface area is 147 Å². The quantitative estimate of drug-likeness (QED) is 0.331. The van der Waals surface area contributed by atoms with Gasteiger partial charge in [0.25, 0.3) is 0 Å². The third kappa shape index (κ3) is 18.4. The summed E-state index contributed by atoms with van der Waals surface area (Å²) in [5.74, 6) is 0. The summed E-state index contributed by atoms with van der Waals surface area (Å²) in [5.41, 5.74) is 0. The molecule has 0 amide bonds. The van der Waals surface area contributed by atoms with E-state index in [1.807, 2.05) is 0 Å². The number of nitrogens with zero attached hydrogens (tertiary/aromatic N) is 1. The SMILES string of the molecule is O=P([O-])([O-])CN(CP(=O)([O-])[O-])CP(=O)([O-])[O-].[Na+].[Na+]. The Bertz CT molecular complexity index is 314. The molecule has 0 unspecified atom stereocenters. The van der Waals surface area contributed by atoms with Gasteiger partial charge in [0.2, 0.25) is 0 Å². The zero-order chi connectivity index (χ0) is 13.2. The normalized spacial score (nSPS) is 12.8. The van der Waals surface area contributed by atoms with Crippen LogP contribution in [0.25, 0.3) is 0 Å². The average Bonchev–Trinajstić information content (AvgIpc) is 1.70. The van der Waals surface area contributed by atoms with Crippen molar-refractivity contribution in [3.8, 4) is 0 Å². The molecule has 0 aliphatic carbocycles. The third-order valence-electron chi connectivity index (χ3n) is 1.12. The van der Waals surface area contributed by atoms with Crippen molar-refractivity contribution in [2.24, 2.45) is 0 Å². The van der Waals surface area contributed by atoms with Crippen LogP contribution >= 0.6 is 22.8 Å². The van der Waals surface area contributed by atoms with Crippen molar-refractivity contribution in [2.45, 2.75) is 0 Å². The van der Waals surface area contributed by atoms with Gasteiger partial charge in [-0.1, -0.05) is 22.8 Å². The Morgan fingerprint density at radius 3 is 0.889 bits per heavy atom. The maximum Gasteiger partial charge on any atom is 1.00 e. The Balaban J connectivity index is -0.00000112. The second-order valence-corrected chi connectivity index (χ2v) is 7.44. The molecule has 0 bridgehead atoms. The van der Waals surface area contributed by atoms with E-state index in [9.17, 15) is 43.1 Å². The summed E-state index contributed by atoms with van der Waals surface area (Å²) in [7, 11) is -15.8. The molecule has 0 N–H and O–H groups in total. The van der Waals surface area contributed by atoms with E-state index in [-0.39, 0.29) is 64.0 Å². The molecule has 0 fully saturated rings. The maximum atomic E-state index is 10.3. The fourth-order valence-electron chi connectivity index (χ4n) is 0.869. The topological polar surface area (TPSA) is 193 Å². The van der Waals surface area contributed by atoms with E-state index in [0.717, 1.165) is 0 Å². The van der Waals surface area contributed by atoms with Crippen molar-refractivity contribution in [1.29, 1.82) is 0 Å². The zero-order valence-corrected chi connectivity index (χ0v) is 16.3. The van der Waals surface area contributed by atoms with Gasteiger partial charge < -0.3 is 43.1 Å². The van der Waals surface area contributed by atoms with Gasteiger partial charge in [0.1, 0.15) is 0 Å². The van der Waals surface area contributed by atoms with Crippen LogP contribution in [0.4, 0.5) is 0 Å². The largest absolute Gasteiger partial charge is 1.00 e. The Morgan fingerprint density at radius 2 is 0.778 bits per heavy atom. The van der Waals surface area contributed by atoms with Crippen molar-refractivity contribution in [3.63, 3.8) is 0 Å². The first-order chi connectivity index (χ1) is 6.79. The predicted molar refractivity (Wildman–Crippen MR) is 39.3 cm³/mol. The smallest absolute Gasteiger partial charge is 0.810 e. The molecule has 0 aromatic rings. The van der Waals surface area contributed by atoms with Gasteiger partial charge in [0.05, 0.1) is 0 Å². The van der Waals surface area contributed by atoms with Crippen LogP contribution in [0.5, 0.6) is 0 Å². The average molecular weight is 339 g/mol. The molecular weight excluding hydrogens is 333 g/mol. The van der Waals surface area contributed by atoms with Crippen LogP contribution < -0.4 is 88.5 Å². The minimum atomic E-state index is -5.27. The third-order valence-corrected chi connectivity index (χ3v) is 3.36. The molecule has 0 aliphatic heterocycles. The second kappa shape index (κ2) is 9.43. The molecule has 0 aromatic heterocycles. The maximum absolute atomic E-state index is 10.3. The molecule has 98 valence electrons. The summed E-state index contributed by atoms with van der Waals surface area (Å²) in [6.07, 6.45) is -4.55. The van der Waals surface area contributed by atoms with Crippen molar-refractivity contribution < 1.29 is 102 Å². The minimum absolute atomic E-state index is 0. The van der Waals surface area contributed by atoms with E-state index in [1.54, 1.807) is 0 Å². The molecule has 0 atom stereocenters. The molecule has 0 rings (SSSR count). The molecule has 0 spiro atoms. The molecule has 0 aromatic carbocycles. The van der Waals surface area contributed by atoms with Gasteiger partial charge in [-0.25, -0.2) is 0 Å². The van der Waals surface area contributed by atoms with E-state index in [2.05, 4.69) is 0 Å². The first-order valence-corrected chi connectivity index (χ1v) is 8.72. The fourth-order valence-corrected chi connectivity index (χ4v) is 3.41. The van der Waals surface area contributed by atoms with Crippen molar-refractivity contribution in [2.75, 3.05) is 18.9 Å². The number of hydrogen-bond acceptors (Lipinski definition) is 10. The van der Waals surface area contributed by atoms with E-state index in [1.165, 1.54) is 0 Å². The molecule has 0 heterocycles. The van der Waals surface area contributed by atoms with Gasteiger partial charge in [0, 0.05) is 18.9 Å². The molecule has 10 nitrogen and oxygen atoms in total. The van der Waals surface area contributed by atoms with Gasteiger partial charge >= 0.3 is 59.1 Å². The molecule has 18 heavy (non-hydrogen) atoms. The molecule has 0 saturated carbocycles. The van der Waals surface area contributed by atoms with Gasteiger partial charge in [-0.05, 0) is 0 Å². The summed E-state index contributed by atoms with van der Waals surface area (Å²) in [4.78, 5) is 61.5. The number of hydrogen-bond donors (Lipinski definition) is 0. The van der Waals surface area contributed by atoms with Crippen LogP contribution in [0, 0.1) is 0 Å². The Hall–Kier alpha value is 2.41. The first-order valence-electron chi connectivity index (χ1n) is 3.54. The molecule has 0 radical (unpaired) electrons. The van der Waals surface area contributed by atoms with Gasteiger partial charge in [-0.2, -0.15) is 0 Å². The summed E-state index contributed by atoms with van der Waals surface area (Å²) in [6.45, 7) is 0. The van der Waals surface area contributed by atoms with Gasteiger partial charge in [-0.15, -0.1) is 0 Å². The standard InChI is InChI=1S/C3H12NO9P3.2Na/c5-14(6,7)1-4(2-15(8,9)10)3-16(11,12)13;;/h1-3H2,(H2,5,6,7)(H2,8,9,10)(H2,11,12,13);;/q;2*+1/p-6. The van der Waals surface area contributed by atoms with Crippen LogP contribution in [0.15, 0.2) is 0 Å². The first kappa shape index (κ1) is 25.4. The summed E-state index contributed by atoms with van der Waals surface area (Å²) in [5, 5.41) is 0. The van der Waals surface area contributed by atoms with Crippen LogP contribution in [-0.2, 0) is 13.7 Å². The van der Waals surface area contributed by atoms with Crippen LogP contribution in [0.3, 0.4) is 0 Å². The Morgan fingerprint density at radius 1 is 0.611 bits per heavy atom. The van der Waals surface area contributed by atoms with E-state index < -0.39 is 41.6 Å². The Kier molecular flexibility index (Phi) is 13.3. The van der Waals surface area contributed by atoms with Crippen LogP contribution in [0.2, 0.25) is 0 Å². The van der Waals surface area contributed by atoms with E-state index in [4.69, 9.17) is 0 Å².